The Labute approximate surface area is 118 Å². The van der Waals surface area contributed by atoms with Crippen LogP contribution in [0.2, 0.25) is 0 Å². The molecule has 2 rings (SSSR count). The van der Waals surface area contributed by atoms with Crippen LogP contribution in [0.3, 0.4) is 0 Å². The summed E-state index contributed by atoms with van der Waals surface area (Å²) in [7, 11) is 0. The maximum atomic E-state index is 12.7. The Morgan fingerprint density at radius 2 is 1.95 bits per heavy atom. The highest BCUT2D eigenvalue weighted by Crippen LogP contribution is 2.23. The van der Waals surface area contributed by atoms with E-state index in [1.165, 1.54) is 24.3 Å². The Morgan fingerprint density at radius 1 is 1.25 bits per heavy atom. The van der Waals surface area contributed by atoms with E-state index in [2.05, 4.69) is 10.6 Å². The molecule has 0 aromatic heterocycles. The van der Waals surface area contributed by atoms with E-state index in [9.17, 15) is 14.3 Å². The van der Waals surface area contributed by atoms with Crippen LogP contribution in [0.25, 0.3) is 0 Å². The molecule has 2 atom stereocenters. The molecular weight excluding hydrogens is 259 g/mol. The van der Waals surface area contributed by atoms with Crippen LogP contribution in [-0.4, -0.2) is 30.2 Å². The monoisotopic (exact) mass is 280 g/mol. The Balaban J connectivity index is 1.78. The Hall–Kier alpha value is -1.46. The summed E-state index contributed by atoms with van der Waals surface area (Å²) in [5.41, 5.74) is 0.584. The molecule has 0 aliphatic heterocycles. The second-order valence-corrected chi connectivity index (χ2v) is 5.27. The number of aliphatic hydroxyl groups is 1. The van der Waals surface area contributed by atoms with E-state index in [-0.39, 0.29) is 36.8 Å². The fraction of sp³-hybridized carbons (Fsp3) is 0.533. The van der Waals surface area contributed by atoms with E-state index in [4.69, 9.17) is 0 Å². The van der Waals surface area contributed by atoms with E-state index >= 15 is 0 Å². The van der Waals surface area contributed by atoms with Gasteiger partial charge in [-0.25, -0.2) is 4.39 Å². The molecular formula is C15H21FN2O2. The number of nitrogens with one attached hydrogen (secondary N) is 2. The van der Waals surface area contributed by atoms with Crippen molar-refractivity contribution in [3.8, 4) is 0 Å². The Morgan fingerprint density at radius 3 is 2.65 bits per heavy atom. The van der Waals surface area contributed by atoms with Gasteiger partial charge in [0.25, 0.3) is 0 Å². The number of benzene rings is 1. The summed E-state index contributed by atoms with van der Waals surface area (Å²) >= 11 is 0. The quantitative estimate of drug-likeness (QED) is 0.772. The van der Waals surface area contributed by atoms with Gasteiger partial charge < -0.3 is 15.7 Å². The molecule has 3 N–H and O–H groups in total. The minimum Gasteiger partial charge on any atom is -0.396 e. The van der Waals surface area contributed by atoms with Gasteiger partial charge in [0.1, 0.15) is 5.82 Å². The number of anilines is 1. The first-order valence-electron chi connectivity index (χ1n) is 7.08. The van der Waals surface area contributed by atoms with Gasteiger partial charge in [-0.2, -0.15) is 0 Å². The van der Waals surface area contributed by atoms with Crippen molar-refractivity contribution < 1.29 is 14.3 Å². The Bertz CT molecular complexity index is 436. The van der Waals surface area contributed by atoms with Crippen molar-refractivity contribution >= 4 is 11.6 Å². The second-order valence-electron chi connectivity index (χ2n) is 5.27. The molecule has 1 aromatic carbocycles. The average molecular weight is 280 g/mol. The molecule has 1 amide bonds. The maximum Gasteiger partial charge on any atom is 0.238 e. The fourth-order valence-electron chi connectivity index (χ4n) is 2.66. The summed E-state index contributed by atoms with van der Waals surface area (Å²) in [6.45, 7) is 0.371. The third-order valence-electron chi connectivity index (χ3n) is 3.80. The lowest BCUT2D eigenvalue weighted by atomic mass is 9.85. The van der Waals surface area contributed by atoms with Crippen LogP contribution in [0.15, 0.2) is 24.3 Å². The highest BCUT2D eigenvalue weighted by molar-refractivity contribution is 5.92. The average Bonchev–Trinajstić information content (AvgIpc) is 2.48. The molecule has 1 aliphatic carbocycles. The largest absolute Gasteiger partial charge is 0.396 e. The highest BCUT2D eigenvalue weighted by Gasteiger charge is 2.24. The maximum absolute atomic E-state index is 12.7. The van der Waals surface area contributed by atoms with Crippen molar-refractivity contribution in [1.29, 1.82) is 0 Å². The van der Waals surface area contributed by atoms with E-state index in [0.717, 1.165) is 25.7 Å². The molecule has 2 unspecified atom stereocenters. The molecule has 110 valence electrons. The molecule has 1 aromatic rings. The van der Waals surface area contributed by atoms with Gasteiger partial charge in [0.05, 0.1) is 6.54 Å². The summed E-state index contributed by atoms with van der Waals surface area (Å²) in [6, 6.07) is 5.89. The summed E-state index contributed by atoms with van der Waals surface area (Å²) in [6.07, 6.45) is 4.28. The lowest BCUT2D eigenvalue weighted by Crippen LogP contribution is -2.43. The van der Waals surface area contributed by atoms with Gasteiger partial charge in [-0.05, 0) is 43.0 Å². The predicted molar refractivity (Wildman–Crippen MR) is 75.9 cm³/mol. The smallest absolute Gasteiger partial charge is 0.238 e. The van der Waals surface area contributed by atoms with Crippen LogP contribution < -0.4 is 10.6 Å². The number of halogens is 1. The molecule has 0 saturated heterocycles. The summed E-state index contributed by atoms with van der Waals surface area (Å²) in [4.78, 5) is 11.8. The van der Waals surface area contributed by atoms with Crippen LogP contribution in [0, 0.1) is 11.7 Å². The van der Waals surface area contributed by atoms with Gasteiger partial charge in [-0.3, -0.25) is 4.79 Å². The molecule has 0 spiro atoms. The van der Waals surface area contributed by atoms with Gasteiger partial charge in [-0.1, -0.05) is 12.8 Å². The minimum atomic E-state index is -0.325. The minimum absolute atomic E-state index is 0.154. The van der Waals surface area contributed by atoms with Crippen LogP contribution in [0.4, 0.5) is 10.1 Å². The van der Waals surface area contributed by atoms with Crippen LogP contribution in [-0.2, 0) is 4.79 Å². The third kappa shape index (κ3) is 4.28. The van der Waals surface area contributed by atoms with Crippen molar-refractivity contribution in [2.45, 2.75) is 31.7 Å². The van der Waals surface area contributed by atoms with E-state index < -0.39 is 0 Å². The third-order valence-corrected chi connectivity index (χ3v) is 3.80. The van der Waals surface area contributed by atoms with Crippen molar-refractivity contribution in [3.05, 3.63) is 30.1 Å². The normalized spacial score (nSPS) is 22.5. The molecule has 0 radical (unpaired) electrons. The van der Waals surface area contributed by atoms with Gasteiger partial charge in [0, 0.05) is 18.3 Å². The Kier molecular flexibility index (Phi) is 5.49. The number of hydrogen-bond acceptors (Lipinski definition) is 3. The fourth-order valence-corrected chi connectivity index (χ4v) is 2.66. The number of rotatable bonds is 5. The van der Waals surface area contributed by atoms with Gasteiger partial charge in [-0.15, -0.1) is 0 Å². The van der Waals surface area contributed by atoms with E-state index in [0.29, 0.717) is 5.69 Å². The molecule has 5 heteroatoms. The summed E-state index contributed by atoms with van der Waals surface area (Å²) in [5, 5.41) is 15.2. The lowest BCUT2D eigenvalue weighted by molar-refractivity contribution is -0.115. The first-order valence-corrected chi connectivity index (χ1v) is 7.08. The van der Waals surface area contributed by atoms with Crippen molar-refractivity contribution in [2.75, 3.05) is 18.5 Å². The molecule has 20 heavy (non-hydrogen) atoms. The van der Waals surface area contributed by atoms with E-state index in [1.54, 1.807) is 0 Å². The zero-order chi connectivity index (χ0) is 14.4. The standard InChI is InChI=1S/C15H21FN2O2/c16-12-5-7-13(8-6-12)18-15(20)9-17-14-4-2-1-3-11(14)10-19/h5-8,11,14,17,19H,1-4,9-10H2,(H,18,20). The van der Waals surface area contributed by atoms with Crippen molar-refractivity contribution in [3.63, 3.8) is 0 Å². The first kappa shape index (κ1) is 14.9. The van der Waals surface area contributed by atoms with Gasteiger partial charge >= 0.3 is 0 Å². The van der Waals surface area contributed by atoms with Crippen LogP contribution >= 0.6 is 0 Å². The van der Waals surface area contributed by atoms with Gasteiger partial charge in [0.15, 0.2) is 0 Å². The summed E-state index contributed by atoms with van der Waals surface area (Å²) < 4.78 is 12.7. The SMILES string of the molecule is O=C(CNC1CCCCC1CO)Nc1ccc(F)cc1. The van der Waals surface area contributed by atoms with Crippen molar-refractivity contribution in [2.24, 2.45) is 5.92 Å². The van der Waals surface area contributed by atoms with Crippen molar-refractivity contribution in [1.82, 2.24) is 5.32 Å². The summed E-state index contributed by atoms with van der Waals surface area (Å²) in [5.74, 6) is -0.240. The molecule has 4 nitrogen and oxygen atoms in total. The molecule has 1 saturated carbocycles. The van der Waals surface area contributed by atoms with Gasteiger partial charge in [0.2, 0.25) is 5.91 Å². The van der Waals surface area contributed by atoms with Crippen LogP contribution in [0.5, 0.6) is 0 Å². The highest BCUT2D eigenvalue weighted by atomic mass is 19.1. The van der Waals surface area contributed by atoms with E-state index in [1.807, 2.05) is 0 Å². The molecule has 1 aliphatic rings. The zero-order valence-corrected chi connectivity index (χ0v) is 11.4. The molecule has 0 bridgehead atoms. The molecule has 1 fully saturated rings. The number of aliphatic hydroxyl groups excluding tert-OH is 1. The predicted octanol–water partition coefficient (Wildman–Crippen LogP) is 1.90. The second kappa shape index (κ2) is 7.36. The number of carbonyl (C=O) groups excluding carboxylic acids is 1. The topological polar surface area (TPSA) is 61.4 Å². The number of hydrogen-bond donors (Lipinski definition) is 3. The first-order chi connectivity index (χ1) is 9.69. The van der Waals surface area contributed by atoms with Crippen LogP contribution in [0.1, 0.15) is 25.7 Å². The lowest BCUT2D eigenvalue weighted by Gasteiger charge is -2.30. The number of carbonyl (C=O) groups is 1. The molecule has 0 heterocycles. The zero-order valence-electron chi connectivity index (χ0n) is 11.4. The number of amides is 1.